The molecule has 1 N–H and O–H groups in total. The lowest BCUT2D eigenvalue weighted by molar-refractivity contribution is 0.220. The van der Waals surface area contributed by atoms with Crippen molar-refractivity contribution in [2.75, 3.05) is 14.1 Å². The molecule has 2 rings (SSSR count). The minimum Gasteiger partial charge on any atom is -0.543 e. The molecule has 0 radical (unpaired) electrons. The zero-order chi connectivity index (χ0) is 21.3. The first-order chi connectivity index (χ1) is 12.8. The molecule has 1 atom stereocenters. The van der Waals surface area contributed by atoms with Crippen LogP contribution < -0.4 is 4.43 Å². The van der Waals surface area contributed by atoms with Gasteiger partial charge in [0.15, 0.2) is 0 Å². The predicted octanol–water partition coefficient (Wildman–Crippen LogP) is 4.40. The molecule has 2 aromatic rings. The van der Waals surface area contributed by atoms with Gasteiger partial charge in [0.2, 0.25) is 18.3 Å². The third-order valence-electron chi connectivity index (χ3n) is 5.33. The summed E-state index contributed by atoms with van der Waals surface area (Å²) in [6.45, 7) is 10.9. The Labute approximate surface area is 170 Å². The van der Waals surface area contributed by atoms with Gasteiger partial charge in [0.25, 0.3) is 0 Å². The van der Waals surface area contributed by atoms with Crippen molar-refractivity contribution in [1.82, 2.24) is 4.31 Å². The van der Waals surface area contributed by atoms with Gasteiger partial charge in [-0.1, -0.05) is 45.0 Å². The molecule has 154 valence electrons. The van der Waals surface area contributed by atoms with E-state index in [1.807, 2.05) is 24.3 Å². The van der Waals surface area contributed by atoms with E-state index in [9.17, 15) is 13.5 Å². The van der Waals surface area contributed by atoms with Crippen LogP contribution in [0.2, 0.25) is 18.1 Å². The van der Waals surface area contributed by atoms with Crippen molar-refractivity contribution >= 4 is 18.3 Å². The molecule has 0 spiro atoms. The molecule has 0 bridgehead atoms. The van der Waals surface area contributed by atoms with Crippen LogP contribution in [0, 0.1) is 0 Å². The highest BCUT2D eigenvalue weighted by atomic mass is 32.2. The van der Waals surface area contributed by atoms with Crippen LogP contribution in [0.25, 0.3) is 0 Å². The van der Waals surface area contributed by atoms with E-state index in [0.717, 1.165) is 5.75 Å². The van der Waals surface area contributed by atoms with Crippen molar-refractivity contribution in [1.29, 1.82) is 0 Å². The molecule has 0 aliphatic rings. The molecule has 5 nitrogen and oxygen atoms in total. The van der Waals surface area contributed by atoms with Crippen LogP contribution in [0.15, 0.2) is 53.4 Å². The second kappa shape index (κ2) is 7.98. The van der Waals surface area contributed by atoms with Crippen molar-refractivity contribution in [3.8, 4) is 5.75 Å². The van der Waals surface area contributed by atoms with Gasteiger partial charge in [-0.25, -0.2) is 12.7 Å². The molecule has 2 aromatic carbocycles. The summed E-state index contributed by atoms with van der Waals surface area (Å²) < 4.78 is 31.9. The Bertz CT molecular complexity index is 916. The lowest BCUT2D eigenvalue weighted by atomic mass is 10.0. The third-order valence-corrected chi connectivity index (χ3v) is 11.5. The average molecular weight is 422 g/mol. The van der Waals surface area contributed by atoms with E-state index in [0.29, 0.717) is 11.1 Å². The standard InChI is InChI=1S/C21H31NO4SSi/c1-21(2,3)28(6,7)26-18-10-8-9-17(15-18)20(23)16-11-13-19(14-12-16)27(24,25)22(4)5/h8-15,20,23H,1-7H3. The van der Waals surface area contributed by atoms with Crippen LogP contribution in [0.5, 0.6) is 5.75 Å². The summed E-state index contributed by atoms with van der Waals surface area (Å²) in [6, 6.07) is 13.8. The van der Waals surface area contributed by atoms with Gasteiger partial charge < -0.3 is 9.53 Å². The Morgan fingerprint density at radius 3 is 2.07 bits per heavy atom. The first-order valence-electron chi connectivity index (χ1n) is 9.25. The van der Waals surface area contributed by atoms with Crippen LogP contribution in [-0.4, -0.2) is 40.2 Å². The molecule has 0 heterocycles. The molecule has 0 saturated heterocycles. The Morgan fingerprint density at radius 1 is 1.00 bits per heavy atom. The summed E-state index contributed by atoms with van der Waals surface area (Å²) in [5.74, 6) is 0.745. The number of rotatable bonds is 6. The number of hydrogen-bond acceptors (Lipinski definition) is 4. The van der Waals surface area contributed by atoms with Crippen LogP contribution >= 0.6 is 0 Å². The van der Waals surface area contributed by atoms with Gasteiger partial charge in [-0.15, -0.1) is 0 Å². The highest BCUT2D eigenvalue weighted by molar-refractivity contribution is 7.89. The molecule has 28 heavy (non-hydrogen) atoms. The van der Waals surface area contributed by atoms with E-state index in [2.05, 4.69) is 33.9 Å². The Hall–Kier alpha value is -1.67. The minimum absolute atomic E-state index is 0.0788. The van der Waals surface area contributed by atoms with Crippen molar-refractivity contribution in [3.63, 3.8) is 0 Å². The second-order valence-corrected chi connectivity index (χ2v) is 15.6. The van der Waals surface area contributed by atoms with E-state index in [1.165, 1.54) is 30.5 Å². The molecule has 0 aromatic heterocycles. The molecular weight excluding hydrogens is 390 g/mol. The van der Waals surface area contributed by atoms with Crippen LogP contribution in [0.4, 0.5) is 0 Å². The summed E-state index contributed by atoms with van der Waals surface area (Å²) in [5.41, 5.74) is 1.33. The predicted molar refractivity (Wildman–Crippen MR) is 116 cm³/mol. The zero-order valence-electron chi connectivity index (χ0n) is 17.7. The largest absolute Gasteiger partial charge is 0.543 e. The quantitative estimate of drug-likeness (QED) is 0.702. The van der Waals surface area contributed by atoms with Gasteiger partial charge in [0.05, 0.1) is 4.90 Å². The maximum Gasteiger partial charge on any atom is 0.250 e. The molecule has 1 unspecified atom stereocenters. The van der Waals surface area contributed by atoms with E-state index >= 15 is 0 Å². The fraction of sp³-hybridized carbons (Fsp3) is 0.429. The topological polar surface area (TPSA) is 66.8 Å². The Morgan fingerprint density at radius 2 is 1.57 bits per heavy atom. The number of aliphatic hydroxyl groups excluding tert-OH is 1. The zero-order valence-corrected chi connectivity index (χ0v) is 19.5. The number of benzene rings is 2. The molecule has 0 aliphatic heterocycles. The van der Waals surface area contributed by atoms with Crippen LogP contribution in [-0.2, 0) is 10.0 Å². The highest BCUT2D eigenvalue weighted by Gasteiger charge is 2.39. The van der Waals surface area contributed by atoms with Crippen molar-refractivity contribution < 1.29 is 18.0 Å². The Balaban J connectivity index is 2.27. The van der Waals surface area contributed by atoms with Crippen molar-refractivity contribution in [3.05, 3.63) is 59.7 Å². The lowest BCUT2D eigenvalue weighted by Gasteiger charge is -2.36. The van der Waals surface area contributed by atoms with Gasteiger partial charge >= 0.3 is 0 Å². The monoisotopic (exact) mass is 421 g/mol. The number of sulfonamides is 1. The normalized spacial score (nSPS) is 14.2. The second-order valence-electron chi connectivity index (χ2n) is 8.69. The van der Waals surface area contributed by atoms with Crippen LogP contribution in [0.3, 0.4) is 0 Å². The molecule has 7 heteroatoms. The van der Waals surface area contributed by atoms with Crippen LogP contribution in [0.1, 0.15) is 38.0 Å². The van der Waals surface area contributed by atoms with Crippen molar-refractivity contribution in [2.45, 2.75) is 49.9 Å². The first-order valence-corrected chi connectivity index (χ1v) is 13.6. The number of aliphatic hydroxyl groups is 1. The molecule has 0 saturated carbocycles. The smallest absolute Gasteiger partial charge is 0.250 e. The lowest BCUT2D eigenvalue weighted by Crippen LogP contribution is -2.43. The molecule has 0 amide bonds. The summed E-state index contributed by atoms with van der Waals surface area (Å²) in [7, 11) is -2.48. The number of hydrogen-bond donors (Lipinski definition) is 1. The van der Waals surface area contributed by atoms with Gasteiger partial charge in [0, 0.05) is 14.1 Å². The van der Waals surface area contributed by atoms with E-state index < -0.39 is 24.4 Å². The SMILES string of the molecule is CN(C)S(=O)(=O)c1ccc(C(O)c2cccc(O[Si](C)(C)C(C)(C)C)c2)cc1. The van der Waals surface area contributed by atoms with Gasteiger partial charge in [-0.3, -0.25) is 0 Å². The van der Waals surface area contributed by atoms with Crippen molar-refractivity contribution in [2.24, 2.45) is 0 Å². The van der Waals surface area contributed by atoms with E-state index in [1.54, 1.807) is 12.1 Å². The molecule has 0 fully saturated rings. The highest BCUT2D eigenvalue weighted by Crippen LogP contribution is 2.38. The summed E-state index contributed by atoms with van der Waals surface area (Å²) in [4.78, 5) is 0.198. The fourth-order valence-corrected chi connectivity index (χ4v) is 4.35. The third kappa shape index (κ3) is 4.83. The first kappa shape index (κ1) is 22.6. The fourth-order valence-electron chi connectivity index (χ4n) is 2.42. The Kier molecular flexibility index (Phi) is 6.45. The average Bonchev–Trinajstić information content (AvgIpc) is 2.60. The maximum atomic E-state index is 12.2. The van der Waals surface area contributed by atoms with Gasteiger partial charge in [-0.2, -0.15) is 0 Å². The summed E-state index contributed by atoms with van der Waals surface area (Å²) in [5, 5.41) is 10.9. The number of nitrogens with zero attached hydrogens (tertiary/aromatic N) is 1. The van der Waals surface area contributed by atoms with E-state index in [4.69, 9.17) is 4.43 Å². The summed E-state index contributed by atoms with van der Waals surface area (Å²) >= 11 is 0. The minimum atomic E-state index is -3.49. The molecule has 0 aliphatic carbocycles. The summed E-state index contributed by atoms with van der Waals surface area (Å²) in [6.07, 6.45) is -0.862. The molecular formula is C21H31NO4SSi. The van der Waals surface area contributed by atoms with E-state index in [-0.39, 0.29) is 9.93 Å². The maximum absolute atomic E-state index is 12.2. The van der Waals surface area contributed by atoms with Gasteiger partial charge in [0.1, 0.15) is 11.9 Å². The van der Waals surface area contributed by atoms with Gasteiger partial charge in [-0.05, 0) is 53.5 Å².